The molecule has 2 aromatic rings. The van der Waals surface area contributed by atoms with Crippen LogP contribution in [0.2, 0.25) is 0 Å². The number of hydrogen-bond donors (Lipinski definition) is 2. The number of ether oxygens (including phenoxy) is 1. The maximum absolute atomic E-state index is 12.1. The Balaban J connectivity index is 1.82. The lowest BCUT2D eigenvalue weighted by Gasteiger charge is -2.15. The van der Waals surface area contributed by atoms with Crippen LogP contribution >= 0.6 is 0 Å². The summed E-state index contributed by atoms with van der Waals surface area (Å²) in [6.45, 7) is 4.97. The summed E-state index contributed by atoms with van der Waals surface area (Å²) in [7, 11) is 0. The number of carbonyl (C=O) groups is 1. The van der Waals surface area contributed by atoms with Gasteiger partial charge in [0.15, 0.2) is 0 Å². The van der Waals surface area contributed by atoms with E-state index in [-0.39, 0.29) is 18.5 Å². The lowest BCUT2D eigenvalue weighted by atomic mass is 10.1. The molecule has 0 saturated heterocycles. The van der Waals surface area contributed by atoms with Gasteiger partial charge in [0.1, 0.15) is 5.75 Å². The third-order valence-electron chi connectivity index (χ3n) is 3.44. The molecule has 1 unspecified atom stereocenters. The molecule has 23 heavy (non-hydrogen) atoms. The highest BCUT2D eigenvalue weighted by atomic mass is 16.5. The molecule has 0 saturated carbocycles. The second kappa shape index (κ2) is 8.83. The number of anilines is 1. The second-order valence-electron chi connectivity index (χ2n) is 5.43. The number of hydrogen-bond acceptors (Lipinski definition) is 3. The van der Waals surface area contributed by atoms with E-state index in [1.807, 2.05) is 61.5 Å². The Morgan fingerprint density at radius 2 is 1.91 bits per heavy atom. The fourth-order valence-corrected chi connectivity index (χ4v) is 2.22. The van der Waals surface area contributed by atoms with Gasteiger partial charge in [0.05, 0.1) is 19.2 Å². The van der Waals surface area contributed by atoms with Gasteiger partial charge in [-0.1, -0.05) is 43.3 Å². The smallest absolute Gasteiger partial charge is 0.239 e. The normalized spacial score (nSPS) is 11.6. The minimum Gasteiger partial charge on any atom is -0.494 e. The summed E-state index contributed by atoms with van der Waals surface area (Å²) in [5.41, 5.74) is 1.97. The fourth-order valence-electron chi connectivity index (χ4n) is 2.22. The summed E-state index contributed by atoms with van der Waals surface area (Å²) in [6.07, 6.45) is 0.970. The van der Waals surface area contributed by atoms with E-state index >= 15 is 0 Å². The van der Waals surface area contributed by atoms with Crippen LogP contribution in [0.3, 0.4) is 0 Å². The highest BCUT2D eigenvalue weighted by molar-refractivity contribution is 5.81. The summed E-state index contributed by atoms with van der Waals surface area (Å²) < 4.78 is 5.58. The van der Waals surface area contributed by atoms with Crippen molar-refractivity contribution in [2.45, 2.75) is 26.3 Å². The number of rotatable bonds is 8. The van der Waals surface area contributed by atoms with E-state index in [1.54, 1.807) is 0 Å². The molecular formula is C19H24N2O2. The van der Waals surface area contributed by atoms with Gasteiger partial charge in [-0.25, -0.2) is 0 Å². The molecular weight excluding hydrogens is 288 g/mol. The van der Waals surface area contributed by atoms with Crippen LogP contribution in [-0.4, -0.2) is 19.1 Å². The van der Waals surface area contributed by atoms with Crippen LogP contribution in [0.4, 0.5) is 5.69 Å². The van der Waals surface area contributed by atoms with Gasteiger partial charge in [0, 0.05) is 11.8 Å². The largest absolute Gasteiger partial charge is 0.494 e. The Bertz CT molecular complexity index is 614. The number of nitrogens with one attached hydrogen (secondary N) is 2. The molecule has 2 aromatic carbocycles. The molecule has 2 rings (SSSR count). The van der Waals surface area contributed by atoms with Crippen LogP contribution < -0.4 is 15.4 Å². The predicted molar refractivity (Wildman–Crippen MR) is 93.7 cm³/mol. The standard InChI is InChI=1S/C19H24N2O2/c1-3-12-23-18-11-7-10-17(13-18)20-14-19(22)21-15(2)16-8-5-4-6-9-16/h4-11,13,15,20H,3,12,14H2,1-2H3,(H,21,22). The average Bonchev–Trinajstić information content (AvgIpc) is 2.59. The second-order valence-corrected chi connectivity index (χ2v) is 5.43. The Labute approximate surface area is 137 Å². The van der Waals surface area contributed by atoms with E-state index in [4.69, 9.17) is 4.74 Å². The lowest BCUT2D eigenvalue weighted by molar-refractivity contribution is -0.120. The molecule has 0 bridgehead atoms. The Kier molecular flexibility index (Phi) is 6.48. The topological polar surface area (TPSA) is 50.4 Å². The van der Waals surface area contributed by atoms with Gasteiger partial charge in [-0.15, -0.1) is 0 Å². The maximum atomic E-state index is 12.1. The van der Waals surface area contributed by atoms with Gasteiger partial charge in [0.25, 0.3) is 0 Å². The van der Waals surface area contributed by atoms with Gasteiger partial charge in [-0.2, -0.15) is 0 Å². The Morgan fingerprint density at radius 3 is 2.65 bits per heavy atom. The molecule has 0 aromatic heterocycles. The fraction of sp³-hybridized carbons (Fsp3) is 0.316. The van der Waals surface area contributed by atoms with Gasteiger partial charge < -0.3 is 15.4 Å². The summed E-state index contributed by atoms with van der Waals surface area (Å²) in [5, 5.41) is 6.11. The van der Waals surface area contributed by atoms with E-state index in [9.17, 15) is 4.79 Å². The molecule has 4 nitrogen and oxygen atoms in total. The van der Waals surface area contributed by atoms with Gasteiger partial charge in [0.2, 0.25) is 5.91 Å². The minimum atomic E-state index is -0.0405. The van der Waals surface area contributed by atoms with Crippen molar-refractivity contribution in [1.82, 2.24) is 5.32 Å². The predicted octanol–water partition coefficient (Wildman–Crippen LogP) is 3.76. The SMILES string of the molecule is CCCOc1cccc(NCC(=O)NC(C)c2ccccc2)c1. The molecule has 0 aliphatic heterocycles. The third-order valence-corrected chi connectivity index (χ3v) is 3.44. The van der Waals surface area contributed by atoms with Gasteiger partial charge >= 0.3 is 0 Å². The zero-order valence-electron chi connectivity index (χ0n) is 13.7. The van der Waals surface area contributed by atoms with Crippen LogP contribution in [0, 0.1) is 0 Å². The Morgan fingerprint density at radius 1 is 1.13 bits per heavy atom. The van der Waals surface area contributed by atoms with Crippen LogP contribution in [0.1, 0.15) is 31.9 Å². The summed E-state index contributed by atoms with van der Waals surface area (Å²) in [6, 6.07) is 17.6. The van der Waals surface area contributed by atoms with Crippen molar-refractivity contribution in [1.29, 1.82) is 0 Å². The molecule has 0 heterocycles. The van der Waals surface area contributed by atoms with Crippen molar-refractivity contribution in [2.24, 2.45) is 0 Å². The molecule has 0 aliphatic carbocycles. The zero-order valence-corrected chi connectivity index (χ0v) is 13.7. The van der Waals surface area contributed by atoms with Crippen LogP contribution in [0.15, 0.2) is 54.6 Å². The summed E-state index contributed by atoms with van der Waals surface area (Å²) in [5.74, 6) is 0.774. The van der Waals surface area contributed by atoms with Gasteiger partial charge in [-0.3, -0.25) is 4.79 Å². The summed E-state index contributed by atoms with van der Waals surface area (Å²) >= 11 is 0. The average molecular weight is 312 g/mol. The summed E-state index contributed by atoms with van der Waals surface area (Å²) in [4.78, 5) is 12.1. The first-order valence-corrected chi connectivity index (χ1v) is 8.00. The number of amides is 1. The van der Waals surface area contributed by atoms with Crippen molar-refractivity contribution in [3.8, 4) is 5.75 Å². The number of benzene rings is 2. The zero-order chi connectivity index (χ0) is 16.5. The Hall–Kier alpha value is -2.49. The highest BCUT2D eigenvalue weighted by Gasteiger charge is 2.08. The van der Waals surface area contributed by atoms with E-state index < -0.39 is 0 Å². The molecule has 122 valence electrons. The molecule has 4 heteroatoms. The maximum Gasteiger partial charge on any atom is 0.239 e. The quantitative estimate of drug-likeness (QED) is 0.780. The first-order chi connectivity index (χ1) is 11.2. The van der Waals surface area contributed by atoms with Crippen molar-refractivity contribution >= 4 is 11.6 Å². The van der Waals surface area contributed by atoms with E-state index in [0.717, 1.165) is 23.4 Å². The number of carbonyl (C=O) groups excluding carboxylic acids is 1. The van der Waals surface area contributed by atoms with E-state index in [1.165, 1.54) is 0 Å². The van der Waals surface area contributed by atoms with Crippen LogP contribution in [0.5, 0.6) is 5.75 Å². The van der Waals surface area contributed by atoms with Crippen molar-refractivity contribution in [3.05, 3.63) is 60.2 Å². The highest BCUT2D eigenvalue weighted by Crippen LogP contribution is 2.17. The van der Waals surface area contributed by atoms with Crippen molar-refractivity contribution in [2.75, 3.05) is 18.5 Å². The van der Waals surface area contributed by atoms with Crippen LogP contribution in [0.25, 0.3) is 0 Å². The molecule has 1 atom stereocenters. The molecule has 0 aliphatic rings. The van der Waals surface area contributed by atoms with E-state index in [2.05, 4.69) is 17.6 Å². The molecule has 1 amide bonds. The third kappa shape index (κ3) is 5.66. The molecule has 2 N–H and O–H groups in total. The van der Waals surface area contributed by atoms with Gasteiger partial charge in [-0.05, 0) is 31.0 Å². The van der Waals surface area contributed by atoms with Crippen LogP contribution in [-0.2, 0) is 4.79 Å². The van der Waals surface area contributed by atoms with Crippen molar-refractivity contribution < 1.29 is 9.53 Å². The van der Waals surface area contributed by atoms with E-state index in [0.29, 0.717) is 6.61 Å². The molecule has 0 radical (unpaired) electrons. The lowest BCUT2D eigenvalue weighted by Crippen LogP contribution is -2.32. The monoisotopic (exact) mass is 312 g/mol. The first-order valence-electron chi connectivity index (χ1n) is 8.00. The molecule has 0 fully saturated rings. The minimum absolute atomic E-state index is 0.00952. The molecule has 0 spiro atoms. The first kappa shape index (κ1) is 16.9. The van der Waals surface area contributed by atoms with Crippen molar-refractivity contribution in [3.63, 3.8) is 0 Å².